The van der Waals surface area contributed by atoms with E-state index < -0.39 is 0 Å². The first-order valence-corrected chi connectivity index (χ1v) is 9.44. The van der Waals surface area contributed by atoms with Crippen LogP contribution in [0.4, 0.5) is 5.69 Å². The number of hydrogen-bond donors (Lipinski definition) is 1. The highest BCUT2D eigenvalue weighted by Gasteiger charge is 2.12. The zero-order chi connectivity index (χ0) is 18.5. The van der Waals surface area contributed by atoms with Gasteiger partial charge in [0, 0.05) is 36.7 Å². The summed E-state index contributed by atoms with van der Waals surface area (Å²) in [6.45, 7) is 3.98. The van der Waals surface area contributed by atoms with Gasteiger partial charge in [0.05, 0.1) is 6.33 Å². The summed E-state index contributed by atoms with van der Waals surface area (Å²) in [4.78, 5) is 19.2. The second-order valence-corrected chi connectivity index (χ2v) is 7.07. The third kappa shape index (κ3) is 4.63. The van der Waals surface area contributed by atoms with E-state index >= 15 is 0 Å². The van der Waals surface area contributed by atoms with Crippen LogP contribution in [0, 0.1) is 0 Å². The number of aromatic nitrogens is 2. The molecule has 1 amide bonds. The molecular weight excluding hydrogens is 336 g/mol. The molecule has 0 unspecified atom stereocenters. The van der Waals surface area contributed by atoms with E-state index in [4.69, 9.17) is 0 Å². The molecule has 1 saturated heterocycles. The lowest BCUT2D eigenvalue weighted by molar-refractivity contribution is 0.102. The predicted octanol–water partition coefficient (Wildman–Crippen LogP) is 3.78. The Labute approximate surface area is 159 Å². The van der Waals surface area contributed by atoms with Gasteiger partial charge < -0.3 is 9.88 Å². The Morgan fingerprint density at radius 1 is 1.00 bits per heavy atom. The summed E-state index contributed by atoms with van der Waals surface area (Å²) >= 11 is 0. The molecule has 27 heavy (non-hydrogen) atoms. The average Bonchev–Trinajstić information content (AvgIpc) is 3.36. The van der Waals surface area contributed by atoms with Gasteiger partial charge in [0.1, 0.15) is 0 Å². The molecular formula is C22H24N4O. The van der Waals surface area contributed by atoms with Crippen molar-refractivity contribution in [1.82, 2.24) is 14.5 Å². The van der Waals surface area contributed by atoms with E-state index in [1.54, 1.807) is 12.5 Å². The molecule has 1 fully saturated rings. The molecule has 0 saturated carbocycles. The second-order valence-electron chi connectivity index (χ2n) is 7.07. The third-order valence-electron chi connectivity index (χ3n) is 4.90. The Hall–Kier alpha value is -2.92. The van der Waals surface area contributed by atoms with Gasteiger partial charge in [-0.15, -0.1) is 0 Å². The Balaban J connectivity index is 1.42. The molecule has 2 aromatic carbocycles. The normalized spacial score (nSPS) is 14.4. The number of nitrogens with one attached hydrogen (secondary N) is 1. The van der Waals surface area contributed by atoms with Crippen LogP contribution in [0.1, 0.15) is 34.3 Å². The molecule has 5 heteroatoms. The van der Waals surface area contributed by atoms with Gasteiger partial charge in [-0.3, -0.25) is 9.69 Å². The summed E-state index contributed by atoms with van der Waals surface area (Å²) < 4.78 is 1.98. The molecule has 0 radical (unpaired) electrons. The third-order valence-corrected chi connectivity index (χ3v) is 4.90. The number of imidazole rings is 1. The number of nitrogens with zero attached hydrogens (tertiary/aromatic N) is 3. The van der Waals surface area contributed by atoms with Crippen molar-refractivity contribution in [2.24, 2.45) is 0 Å². The summed E-state index contributed by atoms with van der Waals surface area (Å²) in [5, 5.41) is 3.03. The van der Waals surface area contributed by atoms with Crippen molar-refractivity contribution in [1.29, 1.82) is 0 Å². The van der Waals surface area contributed by atoms with E-state index in [1.165, 1.54) is 31.5 Å². The largest absolute Gasteiger partial charge is 0.333 e. The molecule has 0 spiro atoms. The monoisotopic (exact) mass is 360 g/mol. The first-order valence-electron chi connectivity index (χ1n) is 9.44. The van der Waals surface area contributed by atoms with Gasteiger partial charge in [-0.25, -0.2) is 4.98 Å². The number of carbonyl (C=O) groups excluding carboxylic acids is 1. The van der Waals surface area contributed by atoms with Crippen molar-refractivity contribution in [3.63, 3.8) is 0 Å². The van der Waals surface area contributed by atoms with Crippen LogP contribution >= 0.6 is 0 Å². The van der Waals surface area contributed by atoms with Crippen LogP contribution < -0.4 is 5.32 Å². The van der Waals surface area contributed by atoms with Crippen LogP contribution in [-0.4, -0.2) is 33.4 Å². The maximum absolute atomic E-state index is 12.7. The maximum Gasteiger partial charge on any atom is 0.255 e. The number of hydrogen-bond acceptors (Lipinski definition) is 3. The van der Waals surface area contributed by atoms with Crippen molar-refractivity contribution >= 4 is 11.6 Å². The molecule has 0 bridgehead atoms. The average molecular weight is 360 g/mol. The van der Waals surface area contributed by atoms with Crippen molar-refractivity contribution in [2.75, 3.05) is 18.4 Å². The minimum absolute atomic E-state index is 0.0826. The molecule has 1 aromatic heterocycles. The number of likely N-dealkylation sites (tertiary alicyclic amines) is 1. The zero-order valence-corrected chi connectivity index (χ0v) is 15.3. The molecule has 4 rings (SSSR count). The van der Waals surface area contributed by atoms with Gasteiger partial charge in [0.25, 0.3) is 5.91 Å². The van der Waals surface area contributed by atoms with E-state index in [-0.39, 0.29) is 5.91 Å². The van der Waals surface area contributed by atoms with Crippen LogP contribution in [0.25, 0.3) is 0 Å². The number of anilines is 1. The van der Waals surface area contributed by atoms with Crippen LogP contribution in [-0.2, 0) is 13.1 Å². The number of carbonyl (C=O) groups is 1. The predicted molar refractivity (Wildman–Crippen MR) is 107 cm³/mol. The fraction of sp³-hybridized carbons (Fsp3) is 0.273. The van der Waals surface area contributed by atoms with Gasteiger partial charge >= 0.3 is 0 Å². The van der Waals surface area contributed by atoms with E-state index in [1.807, 2.05) is 47.2 Å². The minimum Gasteiger partial charge on any atom is -0.333 e. The fourth-order valence-corrected chi connectivity index (χ4v) is 3.55. The molecule has 1 aliphatic heterocycles. The smallest absolute Gasteiger partial charge is 0.255 e. The summed E-state index contributed by atoms with van der Waals surface area (Å²) in [5.41, 5.74) is 3.82. The molecule has 138 valence electrons. The summed E-state index contributed by atoms with van der Waals surface area (Å²) in [7, 11) is 0. The Morgan fingerprint density at radius 2 is 1.78 bits per heavy atom. The minimum atomic E-state index is -0.0826. The first kappa shape index (κ1) is 17.5. The van der Waals surface area contributed by atoms with Gasteiger partial charge in [-0.1, -0.05) is 24.3 Å². The molecule has 3 aromatic rings. The van der Waals surface area contributed by atoms with Crippen LogP contribution in [0.15, 0.2) is 67.3 Å². The van der Waals surface area contributed by atoms with E-state index in [0.717, 1.165) is 17.8 Å². The summed E-state index contributed by atoms with van der Waals surface area (Å²) in [6, 6.07) is 15.9. The summed E-state index contributed by atoms with van der Waals surface area (Å²) in [5.74, 6) is -0.0826. The lowest BCUT2D eigenvalue weighted by Crippen LogP contribution is -2.18. The fourth-order valence-electron chi connectivity index (χ4n) is 3.55. The van der Waals surface area contributed by atoms with Crippen molar-refractivity contribution in [3.05, 3.63) is 83.9 Å². The van der Waals surface area contributed by atoms with E-state index in [2.05, 4.69) is 27.3 Å². The van der Waals surface area contributed by atoms with Crippen molar-refractivity contribution in [3.8, 4) is 0 Å². The summed E-state index contributed by atoms with van der Waals surface area (Å²) in [6.07, 6.45) is 8.01. The molecule has 1 aliphatic rings. The van der Waals surface area contributed by atoms with Gasteiger partial charge in [-0.05, 0) is 61.3 Å². The number of benzene rings is 2. The van der Waals surface area contributed by atoms with E-state index in [9.17, 15) is 4.79 Å². The van der Waals surface area contributed by atoms with Crippen molar-refractivity contribution < 1.29 is 4.79 Å². The van der Waals surface area contributed by atoms with Gasteiger partial charge in [-0.2, -0.15) is 0 Å². The van der Waals surface area contributed by atoms with Crippen molar-refractivity contribution in [2.45, 2.75) is 25.9 Å². The lowest BCUT2D eigenvalue weighted by Gasteiger charge is -2.15. The Bertz CT molecular complexity index is 898. The number of amides is 1. The Kier molecular flexibility index (Phi) is 5.30. The molecule has 0 aliphatic carbocycles. The van der Waals surface area contributed by atoms with Crippen LogP contribution in [0.3, 0.4) is 0 Å². The SMILES string of the molecule is O=C(Nc1cccc(CN2CCCC2)c1)c1cccc(Cn2ccnc2)c1. The first-order chi connectivity index (χ1) is 13.3. The molecule has 1 N–H and O–H groups in total. The standard InChI is InChI=1S/C22H24N4O/c27-22(20-7-3-5-18(13-20)16-26-12-9-23-17-26)24-21-8-4-6-19(14-21)15-25-10-1-2-11-25/h3-9,12-14,17H,1-2,10-11,15-16H2,(H,24,27). The van der Waals surface area contributed by atoms with Crippen LogP contribution in [0.5, 0.6) is 0 Å². The molecule has 0 atom stereocenters. The number of rotatable bonds is 6. The zero-order valence-electron chi connectivity index (χ0n) is 15.3. The van der Waals surface area contributed by atoms with Crippen LogP contribution in [0.2, 0.25) is 0 Å². The van der Waals surface area contributed by atoms with Gasteiger partial charge in [0.15, 0.2) is 0 Å². The van der Waals surface area contributed by atoms with E-state index in [0.29, 0.717) is 12.1 Å². The topological polar surface area (TPSA) is 50.2 Å². The van der Waals surface area contributed by atoms with Gasteiger partial charge in [0.2, 0.25) is 0 Å². The highest BCUT2D eigenvalue weighted by Crippen LogP contribution is 2.17. The molecule has 5 nitrogen and oxygen atoms in total. The Morgan fingerprint density at radius 3 is 2.56 bits per heavy atom. The highest BCUT2D eigenvalue weighted by molar-refractivity contribution is 6.04. The maximum atomic E-state index is 12.7. The quantitative estimate of drug-likeness (QED) is 0.728. The molecule has 2 heterocycles. The second kappa shape index (κ2) is 8.18. The highest BCUT2D eigenvalue weighted by atomic mass is 16.1. The lowest BCUT2D eigenvalue weighted by atomic mass is 10.1.